The van der Waals surface area contributed by atoms with E-state index in [0.717, 1.165) is 29.4 Å². The van der Waals surface area contributed by atoms with E-state index in [1.54, 1.807) is 0 Å². The molecule has 2 aromatic carbocycles. The number of halogens is 1. The Morgan fingerprint density at radius 1 is 1.12 bits per heavy atom. The Morgan fingerprint density at radius 3 is 2.69 bits per heavy atom. The van der Waals surface area contributed by atoms with Crippen molar-refractivity contribution in [3.63, 3.8) is 0 Å². The maximum Gasteiger partial charge on any atom is 0.255 e. The molecule has 1 unspecified atom stereocenters. The summed E-state index contributed by atoms with van der Waals surface area (Å²) < 4.78 is 6.32. The Morgan fingerprint density at radius 2 is 1.88 bits per heavy atom. The molecule has 1 atom stereocenters. The molecule has 1 aromatic heterocycles. The van der Waals surface area contributed by atoms with Gasteiger partial charge in [0.05, 0.1) is 11.5 Å². The molecule has 3 aromatic rings. The van der Waals surface area contributed by atoms with E-state index in [4.69, 9.17) is 4.52 Å². The van der Waals surface area contributed by atoms with Gasteiger partial charge in [-0.15, -0.1) is 0 Å². The highest BCUT2D eigenvalue weighted by Crippen LogP contribution is 2.29. The van der Waals surface area contributed by atoms with Crippen molar-refractivity contribution >= 4 is 21.8 Å². The molecule has 0 aliphatic carbocycles. The van der Waals surface area contributed by atoms with Crippen molar-refractivity contribution in [1.82, 2.24) is 15.0 Å². The van der Waals surface area contributed by atoms with Crippen molar-refractivity contribution in [1.29, 1.82) is 0 Å². The van der Waals surface area contributed by atoms with E-state index in [2.05, 4.69) is 26.1 Å². The van der Waals surface area contributed by atoms with Gasteiger partial charge in [-0.2, -0.15) is 4.98 Å². The van der Waals surface area contributed by atoms with Gasteiger partial charge in [-0.25, -0.2) is 0 Å². The number of nitrogens with zero attached hydrogens (tertiary/aromatic N) is 3. The molecule has 1 fully saturated rings. The molecule has 4 rings (SSSR count). The SMILES string of the molecule is O=C(c1ccccc1Br)N1CCCC(c2nc(-c3ccccc3)no2)C1. The summed E-state index contributed by atoms with van der Waals surface area (Å²) in [6, 6.07) is 17.3. The number of amides is 1. The first-order chi connectivity index (χ1) is 12.7. The smallest absolute Gasteiger partial charge is 0.255 e. The summed E-state index contributed by atoms with van der Waals surface area (Å²) in [6.45, 7) is 1.34. The van der Waals surface area contributed by atoms with Gasteiger partial charge >= 0.3 is 0 Å². The van der Waals surface area contributed by atoms with Crippen LogP contribution in [0.25, 0.3) is 11.4 Å². The van der Waals surface area contributed by atoms with E-state index in [0.29, 0.717) is 23.8 Å². The number of carbonyl (C=O) groups excluding carboxylic acids is 1. The lowest BCUT2D eigenvalue weighted by Crippen LogP contribution is -2.39. The van der Waals surface area contributed by atoms with Crippen molar-refractivity contribution < 1.29 is 9.32 Å². The average molecular weight is 412 g/mol. The summed E-state index contributed by atoms with van der Waals surface area (Å²) in [5.41, 5.74) is 1.61. The quantitative estimate of drug-likeness (QED) is 0.635. The van der Waals surface area contributed by atoms with Crippen LogP contribution in [0.3, 0.4) is 0 Å². The number of piperidine rings is 1. The van der Waals surface area contributed by atoms with Gasteiger partial charge < -0.3 is 9.42 Å². The van der Waals surface area contributed by atoms with Crippen LogP contribution in [-0.4, -0.2) is 34.0 Å². The zero-order valence-electron chi connectivity index (χ0n) is 14.1. The highest BCUT2D eigenvalue weighted by molar-refractivity contribution is 9.10. The first kappa shape index (κ1) is 17.0. The second-order valence-corrected chi connectivity index (χ2v) is 7.25. The van der Waals surface area contributed by atoms with Crippen molar-refractivity contribution in [3.8, 4) is 11.4 Å². The highest BCUT2D eigenvalue weighted by Gasteiger charge is 2.29. The van der Waals surface area contributed by atoms with Gasteiger partial charge in [-0.1, -0.05) is 47.6 Å². The van der Waals surface area contributed by atoms with Crippen molar-refractivity contribution in [3.05, 3.63) is 70.5 Å². The van der Waals surface area contributed by atoms with Crippen molar-refractivity contribution in [2.75, 3.05) is 13.1 Å². The number of aromatic nitrogens is 2. The molecule has 0 spiro atoms. The van der Waals surface area contributed by atoms with E-state index in [1.165, 1.54) is 0 Å². The van der Waals surface area contributed by atoms with Crippen LogP contribution in [0.15, 0.2) is 63.6 Å². The van der Waals surface area contributed by atoms with E-state index >= 15 is 0 Å². The molecule has 0 saturated carbocycles. The molecule has 1 saturated heterocycles. The number of likely N-dealkylation sites (tertiary alicyclic amines) is 1. The monoisotopic (exact) mass is 411 g/mol. The van der Waals surface area contributed by atoms with Gasteiger partial charge in [-0.3, -0.25) is 4.79 Å². The minimum atomic E-state index is 0.0324. The Bertz CT molecular complexity index is 910. The van der Waals surface area contributed by atoms with Gasteiger partial charge in [0.15, 0.2) is 0 Å². The molecule has 2 heterocycles. The number of benzene rings is 2. The lowest BCUT2D eigenvalue weighted by atomic mass is 9.97. The number of hydrogen-bond acceptors (Lipinski definition) is 4. The molecule has 5 nitrogen and oxygen atoms in total. The molecule has 6 heteroatoms. The molecular weight excluding hydrogens is 394 g/mol. The zero-order chi connectivity index (χ0) is 17.9. The Hall–Kier alpha value is -2.47. The lowest BCUT2D eigenvalue weighted by molar-refractivity contribution is 0.0694. The normalized spacial score (nSPS) is 17.3. The van der Waals surface area contributed by atoms with E-state index < -0.39 is 0 Å². The fraction of sp³-hybridized carbons (Fsp3) is 0.250. The number of hydrogen-bond donors (Lipinski definition) is 0. The standard InChI is InChI=1S/C20H18BrN3O2/c21-17-11-5-4-10-16(17)20(25)24-12-6-9-15(13-24)19-22-18(23-26-19)14-7-2-1-3-8-14/h1-5,7-8,10-11,15H,6,9,12-13H2. The number of carbonyl (C=O) groups is 1. The molecular formula is C20H18BrN3O2. The van der Waals surface area contributed by atoms with Crippen molar-refractivity contribution in [2.24, 2.45) is 0 Å². The third kappa shape index (κ3) is 3.42. The Labute approximate surface area is 160 Å². The maximum atomic E-state index is 12.9. The predicted molar refractivity (Wildman–Crippen MR) is 102 cm³/mol. The minimum absolute atomic E-state index is 0.0324. The molecule has 1 aliphatic rings. The van der Waals surface area contributed by atoms with Crippen LogP contribution in [0, 0.1) is 0 Å². The minimum Gasteiger partial charge on any atom is -0.339 e. The summed E-state index contributed by atoms with van der Waals surface area (Å²) >= 11 is 3.46. The van der Waals surface area contributed by atoms with Crippen LogP contribution >= 0.6 is 15.9 Å². The second-order valence-electron chi connectivity index (χ2n) is 6.39. The van der Waals surface area contributed by atoms with Crippen LogP contribution in [0.5, 0.6) is 0 Å². The third-order valence-corrected chi connectivity index (χ3v) is 5.33. The first-order valence-corrected chi connectivity index (χ1v) is 9.44. The largest absolute Gasteiger partial charge is 0.339 e. The van der Waals surface area contributed by atoms with Crippen LogP contribution in [-0.2, 0) is 0 Å². The molecule has 1 aliphatic heterocycles. The Balaban J connectivity index is 1.52. The molecule has 0 N–H and O–H groups in total. The fourth-order valence-corrected chi connectivity index (χ4v) is 3.73. The molecule has 132 valence electrons. The van der Waals surface area contributed by atoms with Crippen molar-refractivity contribution in [2.45, 2.75) is 18.8 Å². The highest BCUT2D eigenvalue weighted by atomic mass is 79.9. The maximum absolute atomic E-state index is 12.9. The van der Waals surface area contributed by atoms with E-state index in [9.17, 15) is 4.79 Å². The van der Waals surface area contributed by atoms with Gasteiger partial charge in [-0.05, 0) is 40.9 Å². The van der Waals surface area contributed by atoms with E-state index in [-0.39, 0.29) is 11.8 Å². The van der Waals surface area contributed by atoms with Crippen LogP contribution < -0.4 is 0 Å². The fourth-order valence-electron chi connectivity index (χ4n) is 3.27. The van der Waals surface area contributed by atoms with Crippen LogP contribution in [0.2, 0.25) is 0 Å². The average Bonchev–Trinajstić information content (AvgIpc) is 3.19. The number of rotatable bonds is 3. The summed E-state index contributed by atoms with van der Waals surface area (Å²) in [5, 5.41) is 4.11. The van der Waals surface area contributed by atoms with Gasteiger partial charge in [0.25, 0.3) is 5.91 Å². The van der Waals surface area contributed by atoms with Gasteiger partial charge in [0, 0.05) is 23.1 Å². The van der Waals surface area contributed by atoms with Gasteiger partial charge in [0.2, 0.25) is 11.7 Å². The summed E-state index contributed by atoms with van der Waals surface area (Å²) in [7, 11) is 0. The first-order valence-electron chi connectivity index (χ1n) is 8.65. The van der Waals surface area contributed by atoms with E-state index in [1.807, 2.05) is 59.5 Å². The summed E-state index contributed by atoms with van der Waals surface area (Å²) in [5.74, 6) is 1.30. The third-order valence-electron chi connectivity index (χ3n) is 4.64. The molecule has 26 heavy (non-hydrogen) atoms. The summed E-state index contributed by atoms with van der Waals surface area (Å²) in [6.07, 6.45) is 1.86. The van der Waals surface area contributed by atoms with Crippen LogP contribution in [0.1, 0.15) is 35.0 Å². The lowest BCUT2D eigenvalue weighted by Gasteiger charge is -2.31. The van der Waals surface area contributed by atoms with Crippen LogP contribution in [0.4, 0.5) is 0 Å². The predicted octanol–water partition coefficient (Wildman–Crippen LogP) is 4.52. The molecule has 0 bridgehead atoms. The Kier molecular flexibility index (Phi) is 4.84. The second kappa shape index (κ2) is 7.41. The zero-order valence-corrected chi connectivity index (χ0v) is 15.7. The van der Waals surface area contributed by atoms with Gasteiger partial charge in [0.1, 0.15) is 0 Å². The molecule has 0 radical (unpaired) electrons. The summed E-state index contributed by atoms with van der Waals surface area (Å²) in [4.78, 5) is 19.3. The molecule has 1 amide bonds. The topological polar surface area (TPSA) is 59.2 Å².